The number of carbonyl (C=O) groups is 2. The number of amides is 2. The van der Waals surface area contributed by atoms with Gasteiger partial charge in [0.25, 0.3) is 5.91 Å². The summed E-state index contributed by atoms with van der Waals surface area (Å²) in [6.07, 6.45) is 0.114. The Bertz CT molecular complexity index is 814. The molecular formula is C20H20ClN3O3. The van der Waals surface area contributed by atoms with E-state index in [-0.39, 0.29) is 18.2 Å². The molecule has 0 fully saturated rings. The molecule has 7 heteroatoms. The van der Waals surface area contributed by atoms with Gasteiger partial charge >= 0.3 is 0 Å². The molecule has 0 aromatic heterocycles. The fraction of sp³-hybridized carbons (Fsp3) is 0.250. The van der Waals surface area contributed by atoms with E-state index < -0.39 is 6.10 Å². The van der Waals surface area contributed by atoms with Gasteiger partial charge < -0.3 is 15.4 Å². The molecule has 0 aliphatic rings. The topological polar surface area (TPSA) is 91.2 Å². The number of nitrogens with zero attached hydrogens (tertiary/aromatic N) is 1. The quantitative estimate of drug-likeness (QED) is 0.680. The van der Waals surface area contributed by atoms with E-state index in [0.29, 0.717) is 35.0 Å². The molecule has 1 atom stereocenters. The van der Waals surface area contributed by atoms with Crippen LogP contribution in [-0.4, -0.2) is 24.5 Å². The van der Waals surface area contributed by atoms with Crippen molar-refractivity contribution in [3.8, 4) is 11.8 Å². The van der Waals surface area contributed by atoms with Crippen molar-refractivity contribution < 1.29 is 14.3 Å². The van der Waals surface area contributed by atoms with Crippen LogP contribution < -0.4 is 15.4 Å². The van der Waals surface area contributed by atoms with Gasteiger partial charge in [-0.25, -0.2) is 0 Å². The lowest BCUT2D eigenvalue weighted by molar-refractivity contribution is -0.127. The zero-order valence-electron chi connectivity index (χ0n) is 14.9. The van der Waals surface area contributed by atoms with Crippen LogP contribution in [0.3, 0.4) is 0 Å². The van der Waals surface area contributed by atoms with Gasteiger partial charge in [-0.1, -0.05) is 11.6 Å². The minimum absolute atomic E-state index is 0.131. The summed E-state index contributed by atoms with van der Waals surface area (Å²) in [6, 6.07) is 15.4. The van der Waals surface area contributed by atoms with Crippen LogP contribution in [-0.2, 0) is 9.59 Å². The summed E-state index contributed by atoms with van der Waals surface area (Å²) in [7, 11) is 0. The Labute approximate surface area is 163 Å². The summed E-state index contributed by atoms with van der Waals surface area (Å²) in [5.41, 5.74) is 1.20. The Morgan fingerprint density at radius 1 is 1.15 bits per heavy atom. The zero-order valence-corrected chi connectivity index (χ0v) is 15.6. The molecular weight excluding hydrogens is 366 g/mol. The van der Waals surface area contributed by atoms with Crippen LogP contribution in [0.2, 0.25) is 5.02 Å². The highest BCUT2D eigenvalue weighted by atomic mass is 35.5. The predicted molar refractivity (Wildman–Crippen MR) is 104 cm³/mol. The number of hydrogen-bond acceptors (Lipinski definition) is 4. The van der Waals surface area contributed by atoms with Gasteiger partial charge in [0.2, 0.25) is 5.91 Å². The smallest absolute Gasteiger partial charge is 0.260 e. The van der Waals surface area contributed by atoms with Gasteiger partial charge in [-0.15, -0.1) is 0 Å². The molecule has 1 unspecified atom stereocenters. The van der Waals surface area contributed by atoms with Crippen LogP contribution in [0.4, 0.5) is 5.69 Å². The van der Waals surface area contributed by atoms with E-state index >= 15 is 0 Å². The predicted octanol–water partition coefficient (Wildman–Crippen LogP) is 3.51. The van der Waals surface area contributed by atoms with Crippen molar-refractivity contribution in [2.45, 2.75) is 25.9 Å². The Balaban J connectivity index is 1.66. The van der Waals surface area contributed by atoms with Crippen LogP contribution >= 0.6 is 11.6 Å². The van der Waals surface area contributed by atoms with Gasteiger partial charge in [0.05, 0.1) is 11.6 Å². The average molecular weight is 386 g/mol. The lowest BCUT2D eigenvalue weighted by Crippen LogP contribution is -2.37. The van der Waals surface area contributed by atoms with E-state index in [1.165, 1.54) is 0 Å². The van der Waals surface area contributed by atoms with Gasteiger partial charge in [0.15, 0.2) is 6.10 Å². The van der Waals surface area contributed by atoms with Crippen molar-refractivity contribution in [2.75, 3.05) is 11.9 Å². The highest BCUT2D eigenvalue weighted by Crippen LogP contribution is 2.14. The molecule has 0 aliphatic carbocycles. The highest BCUT2D eigenvalue weighted by molar-refractivity contribution is 6.30. The van der Waals surface area contributed by atoms with E-state index in [1.54, 1.807) is 55.5 Å². The summed E-state index contributed by atoms with van der Waals surface area (Å²) in [4.78, 5) is 23.9. The largest absolute Gasteiger partial charge is 0.481 e. The molecule has 0 saturated carbocycles. The number of anilines is 1. The number of hydrogen-bond donors (Lipinski definition) is 2. The molecule has 0 bridgehead atoms. The third-order valence-corrected chi connectivity index (χ3v) is 3.93. The molecule has 6 nitrogen and oxygen atoms in total. The monoisotopic (exact) mass is 385 g/mol. The zero-order chi connectivity index (χ0) is 19.6. The number of nitrogens with one attached hydrogen (secondary N) is 2. The first-order chi connectivity index (χ1) is 13.0. The van der Waals surface area contributed by atoms with E-state index in [9.17, 15) is 9.59 Å². The van der Waals surface area contributed by atoms with Gasteiger partial charge in [-0.3, -0.25) is 9.59 Å². The number of benzene rings is 2. The number of ether oxygens (including phenoxy) is 1. The van der Waals surface area contributed by atoms with Gasteiger partial charge in [0, 0.05) is 23.7 Å². The van der Waals surface area contributed by atoms with Crippen molar-refractivity contribution in [2.24, 2.45) is 0 Å². The molecule has 2 amide bonds. The summed E-state index contributed by atoms with van der Waals surface area (Å²) < 4.78 is 5.53. The number of halogens is 1. The Morgan fingerprint density at radius 3 is 2.44 bits per heavy atom. The number of rotatable bonds is 8. The minimum Gasteiger partial charge on any atom is -0.481 e. The maximum absolute atomic E-state index is 12.0. The third-order valence-electron chi connectivity index (χ3n) is 3.67. The normalized spacial score (nSPS) is 11.1. The third kappa shape index (κ3) is 7.00. The van der Waals surface area contributed by atoms with Crippen molar-refractivity contribution in [3.05, 3.63) is 59.1 Å². The summed E-state index contributed by atoms with van der Waals surface area (Å²) in [6.45, 7) is 2.01. The van der Waals surface area contributed by atoms with Crippen molar-refractivity contribution >= 4 is 29.1 Å². The van der Waals surface area contributed by atoms with Crippen LogP contribution in [0.1, 0.15) is 25.3 Å². The number of nitriles is 1. The first-order valence-electron chi connectivity index (χ1n) is 8.48. The molecule has 2 aromatic rings. The molecule has 0 saturated heterocycles. The van der Waals surface area contributed by atoms with E-state index in [2.05, 4.69) is 10.6 Å². The van der Waals surface area contributed by atoms with Crippen molar-refractivity contribution in [1.82, 2.24) is 5.32 Å². The lowest BCUT2D eigenvalue weighted by atomic mass is 10.2. The first kappa shape index (κ1) is 20.3. The molecule has 0 aliphatic heterocycles. The maximum atomic E-state index is 12.0. The van der Waals surface area contributed by atoms with Gasteiger partial charge in [-0.05, 0) is 61.9 Å². The summed E-state index contributed by atoms with van der Waals surface area (Å²) in [5.74, 6) is 0.116. The van der Waals surface area contributed by atoms with E-state index in [4.69, 9.17) is 21.6 Å². The highest BCUT2D eigenvalue weighted by Gasteiger charge is 2.14. The average Bonchev–Trinajstić information content (AvgIpc) is 2.67. The fourth-order valence-electron chi connectivity index (χ4n) is 2.23. The van der Waals surface area contributed by atoms with Crippen molar-refractivity contribution in [3.63, 3.8) is 0 Å². The Morgan fingerprint density at radius 2 is 1.81 bits per heavy atom. The van der Waals surface area contributed by atoms with Crippen LogP contribution in [0.5, 0.6) is 5.75 Å². The van der Waals surface area contributed by atoms with Gasteiger partial charge in [0.1, 0.15) is 5.75 Å². The SMILES string of the molecule is CC(Oc1ccc(C#N)cc1)C(=O)NCCCC(=O)Nc1ccc(Cl)cc1. The summed E-state index contributed by atoms with van der Waals surface area (Å²) in [5, 5.41) is 14.9. The second-order valence-corrected chi connectivity index (χ2v) is 6.28. The van der Waals surface area contributed by atoms with Crippen LogP contribution in [0.15, 0.2) is 48.5 Å². The van der Waals surface area contributed by atoms with Crippen LogP contribution in [0.25, 0.3) is 0 Å². The summed E-state index contributed by atoms with van der Waals surface area (Å²) >= 11 is 5.79. The standard InChI is InChI=1S/C20H20ClN3O3/c1-14(27-18-10-4-15(13-22)5-11-18)20(26)23-12-2-3-19(25)24-17-8-6-16(21)7-9-17/h4-11,14H,2-3,12H2,1H3,(H,23,26)(H,24,25). The molecule has 0 radical (unpaired) electrons. The molecule has 0 spiro atoms. The van der Waals surface area contributed by atoms with Crippen LogP contribution in [0, 0.1) is 11.3 Å². The molecule has 140 valence electrons. The molecule has 0 heterocycles. The van der Waals surface area contributed by atoms with Gasteiger partial charge in [-0.2, -0.15) is 5.26 Å². The Kier molecular flexibility index (Phi) is 7.65. The molecule has 2 N–H and O–H groups in total. The number of carbonyl (C=O) groups excluding carboxylic acids is 2. The molecule has 2 rings (SSSR count). The maximum Gasteiger partial charge on any atom is 0.260 e. The lowest BCUT2D eigenvalue weighted by Gasteiger charge is -2.14. The second-order valence-electron chi connectivity index (χ2n) is 5.85. The minimum atomic E-state index is -0.680. The Hall–Kier alpha value is -3.04. The van der Waals surface area contributed by atoms with E-state index in [1.807, 2.05) is 6.07 Å². The first-order valence-corrected chi connectivity index (χ1v) is 8.85. The van der Waals surface area contributed by atoms with Crippen molar-refractivity contribution in [1.29, 1.82) is 5.26 Å². The fourth-order valence-corrected chi connectivity index (χ4v) is 2.35. The van der Waals surface area contributed by atoms with E-state index in [0.717, 1.165) is 0 Å². The second kappa shape index (κ2) is 10.2. The molecule has 27 heavy (non-hydrogen) atoms. The molecule has 2 aromatic carbocycles.